The Morgan fingerprint density at radius 3 is 2.96 bits per heavy atom. The van der Waals surface area contributed by atoms with Crippen LogP contribution < -0.4 is 4.74 Å². The summed E-state index contributed by atoms with van der Waals surface area (Å²) >= 11 is 0. The van der Waals surface area contributed by atoms with Gasteiger partial charge in [-0.25, -0.2) is 0 Å². The van der Waals surface area contributed by atoms with Gasteiger partial charge in [-0.3, -0.25) is 0 Å². The molecule has 3 aromatic heterocycles. The maximum absolute atomic E-state index is 5.55. The summed E-state index contributed by atoms with van der Waals surface area (Å²) in [5, 5.41) is 9.32. The summed E-state index contributed by atoms with van der Waals surface area (Å²) in [5.41, 5.74) is 4.79. The monoisotopic (exact) mass is 370 g/mol. The highest BCUT2D eigenvalue weighted by molar-refractivity contribution is 5.93. The van der Waals surface area contributed by atoms with E-state index in [-0.39, 0.29) is 0 Å². The summed E-state index contributed by atoms with van der Waals surface area (Å²) in [4.78, 5) is 7.68. The summed E-state index contributed by atoms with van der Waals surface area (Å²) in [7, 11) is 0. The second kappa shape index (κ2) is 5.82. The molecule has 1 N–H and O–H groups in total. The van der Waals surface area contributed by atoms with Gasteiger partial charge < -0.3 is 18.8 Å². The van der Waals surface area contributed by atoms with E-state index in [0.29, 0.717) is 17.5 Å². The van der Waals surface area contributed by atoms with Crippen molar-refractivity contribution in [1.82, 2.24) is 20.3 Å². The number of fused-ring (bicyclic) bond motifs is 2. The van der Waals surface area contributed by atoms with Gasteiger partial charge in [0.2, 0.25) is 11.6 Å². The van der Waals surface area contributed by atoms with Crippen LogP contribution in [0.5, 0.6) is 5.75 Å². The minimum absolute atomic E-state index is 0.297. The first kappa shape index (κ1) is 15.2. The van der Waals surface area contributed by atoms with Gasteiger partial charge in [0.05, 0.1) is 6.61 Å². The standard InChI is InChI=1S/C21H14N4O3/c1-2-15(14-6-8-22-16(14)3-1)20-23-21(28-25-20)19-11-17(24-27-19)12-4-5-18-13(10-12)7-9-26-18/h1-6,8,10-11,22H,7,9H2. The average Bonchev–Trinajstić information content (AvgIpc) is 3.53. The molecule has 1 aliphatic heterocycles. The maximum Gasteiger partial charge on any atom is 0.296 e. The fraction of sp³-hybridized carbons (Fsp3) is 0.0952. The van der Waals surface area contributed by atoms with Crippen LogP contribution in [0.15, 0.2) is 63.8 Å². The van der Waals surface area contributed by atoms with Crippen LogP contribution in [0.1, 0.15) is 5.56 Å². The van der Waals surface area contributed by atoms with Gasteiger partial charge in [0.1, 0.15) is 11.4 Å². The summed E-state index contributed by atoms with van der Waals surface area (Å²) in [6.45, 7) is 0.724. The minimum Gasteiger partial charge on any atom is -0.493 e. The highest BCUT2D eigenvalue weighted by atomic mass is 16.5. The number of ether oxygens (including phenoxy) is 1. The Hall–Kier alpha value is -3.87. The Balaban J connectivity index is 1.35. The number of aromatic amines is 1. The number of hydrogen-bond acceptors (Lipinski definition) is 6. The highest BCUT2D eigenvalue weighted by Crippen LogP contribution is 2.32. The third-order valence-corrected chi connectivity index (χ3v) is 4.97. The van der Waals surface area contributed by atoms with Crippen molar-refractivity contribution < 1.29 is 13.8 Å². The van der Waals surface area contributed by atoms with Gasteiger partial charge in [-0.15, -0.1) is 0 Å². The molecule has 7 heteroatoms. The van der Waals surface area contributed by atoms with Gasteiger partial charge >= 0.3 is 0 Å². The van der Waals surface area contributed by atoms with E-state index in [1.807, 2.05) is 48.7 Å². The molecule has 0 saturated heterocycles. The maximum atomic E-state index is 5.55. The SMILES string of the molecule is c1cc(-c2noc(-c3cc(-c4ccc5c(c4)CCO5)no3)n2)c2cc[nH]c2c1. The van der Waals surface area contributed by atoms with Gasteiger partial charge in [0.15, 0.2) is 0 Å². The van der Waals surface area contributed by atoms with Crippen LogP contribution in [0.3, 0.4) is 0 Å². The Morgan fingerprint density at radius 2 is 1.96 bits per heavy atom. The molecule has 6 rings (SSSR count). The van der Waals surface area contributed by atoms with E-state index >= 15 is 0 Å². The molecule has 28 heavy (non-hydrogen) atoms. The first-order chi connectivity index (χ1) is 13.8. The van der Waals surface area contributed by atoms with Gasteiger partial charge in [-0.05, 0) is 35.9 Å². The zero-order valence-corrected chi connectivity index (χ0v) is 14.7. The number of H-pyrrole nitrogens is 1. The predicted octanol–water partition coefficient (Wildman–Crippen LogP) is 4.47. The Kier molecular flexibility index (Phi) is 3.16. The van der Waals surface area contributed by atoms with E-state index in [1.54, 1.807) is 0 Å². The zero-order chi connectivity index (χ0) is 18.5. The smallest absolute Gasteiger partial charge is 0.296 e. The number of rotatable bonds is 3. The summed E-state index contributed by atoms with van der Waals surface area (Å²) in [6, 6.07) is 15.7. The van der Waals surface area contributed by atoms with Crippen LogP contribution in [0.2, 0.25) is 0 Å². The molecule has 0 fully saturated rings. The quantitative estimate of drug-likeness (QED) is 0.504. The zero-order valence-electron chi connectivity index (χ0n) is 14.7. The lowest BCUT2D eigenvalue weighted by atomic mass is 10.1. The predicted molar refractivity (Wildman–Crippen MR) is 102 cm³/mol. The first-order valence-corrected chi connectivity index (χ1v) is 8.98. The Labute approximate surface area is 158 Å². The fourth-order valence-electron chi connectivity index (χ4n) is 3.57. The molecule has 0 amide bonds. The third kappa shape index (κ3) is 2.33. The van der Waals surface area contributed by atoms with E-state index in [0.717, 1.165) is 46.5 Å². The lowest BCUT2D eigenvalue weighted by Gasteiger charge is -2.00. The minimum atomic E-state index is 0.297. The van der Waals surface area contributed by atoms with Crippen molar-refractivity contribution in [2.75, 3.05) is 6.61 Å². The van der Waals surface area contributed by atoms with E-state index in [9.17, 15) is 0 Å². The largest absolute Gasteiger partial charge is 0.493 e. The number of aromatic nitrogens is 4. The summed E-state index contributed by atoms with van der Waals surface area (Å²) in [6.07, 6.45) is 2.80. The van der Waals surface area contributed by atoms with Crippen molar-refractivity contribution in [2.45, 2.75) is 6.42 Å². The number of nitrogens with zero attached hydrogens (tertiary/aromatic N) is 3. The van der Waals surface area contributed by atoms with Crippen LogP contribution in [0, 0.1) is 0 Å². The van der Waals surface area contributed by atoms with E-state index < -0.39 is 0 Å². The molecule has 0 saturated carbocycles. The van der Waals surface area contributed by atoms with Gasteiger partial charge in [-0.2, -0.15) is 4.98 Å². The van der Waals surface area contributed by atoms with E-state index in [4.69, 9.17) is 13.8 Å². The number of nitrogens with one attached hydrogen (secondary N) is 1. The van der Waals surface area contributed by atoms with Gasteiger partial charge in [0, 0.05) is 40.7 Å². The molecule has 0 bridgehead atoms. The molecule has 0 atom stereocenters. The second-order valence-corrected chi connectivity index (χ2v) is 6.66. The molecule has 7 nitrogen and oxygen atoms in total. The second-order valence-electron chi connectivity index (χ2n) is 6.66. The molecule has 4 heterocycles. The van der Waals surface area contributed by atoms with Crippen molar-refractivity contribution in [3.63, 3.8) is 0 Å². The van der Waals surface area contributed by atoms with Crippen LogP contribution >= 0.6 is 0 Å². The molecular formula is C21H14N4O3. The highest BCUT2D eigenvalue weighted by Gasteiger charge is 2.19. The van der Waals surface area contributed by atoms with Gasteiger partial charge in [0.25, 0.3) is 5.89 Å². The van der Waals surface area contributed by atoms with Crippen molar-refractivity contribution in [3.8, 4) is 40.0 Å². The van der Waals surface area contributed by atoms with Crippen LogP contribution in [-0.2, 0) is 6.42 Å². The molecule has 0 unspecified atom stereocenters. The molecular weight excluding hydrogens is 356 g/mol. The molecule has 0 radical (unpaired) electrons. The summed E-state index contributed by atoms with van der Waals surface area (Å²) < 4.78 is 16.4. The topological polar surface area (TPSA) is 90.0 Å². The first-order valence-electron chi connectivity index (χ1n) is 8.98. The van der Waals surface area contributed by atoms with Crippen LogP contribution in [0.4, 0.5) is 0 Å². The fourth-order valence-corrected chi connectivity index (χ4v) is 3.57. The molecule has 5 aromatic rings. The molecule has 0 aliphatic carbocycles. The van der Waals surface area contributed by atoms with Crippen LogP contribution in [0.25, 0.3) is 45.2 Å². The van der Waals surface area contributed by atoms with Crippen molar-refractivity contribution in [3.05, 3.63) is 60.3 Å². The van der Waals surface area contributed by atoms with E-state index in [1.165, 1.54) is 5.56 Å². The van der Waals surface area contributed by atoms with Gasteiger partial charge in [-0.1, -0.05) is 22.4 Å². The average molecular weight is 370 g/mol. The summed E-state index contributed by atoms with van der Waals surface area (Å²) in [5.74, 6) is 2.18. The molecule has 1 aliphatic rings. The number of hydrogen-bond donors (Lipinski definition) is 1. The van der Waals surface area contributed by atoms with E-state index in [2.05, 4.69) is 26.3 Å². The Morgan fingerprint density at radius 1 is 0.964 bits per heavy atom. The molecule has 136 valence electrons. The van der Waals surface area contributed by atoms with Crippen LogP contribution in [-0.4, -0.2) is 26.9 Å². The lowest BCUT2D eigenvalue weighted by molar-refractivity contribution is 0.357. The normalized spacial score (nSPS) is 13.0. The number of benzene rings is 2. The molecule has 2 aromatic carbocycles. The molecule has 0 spiro atoms. The van der Waals surface area contributed by atoms with Crippen molar-refractivity contribution in [2.24, 2.45) is 0 Å². The van der Waals surface area contributed by atoms with Crippen molar-refractivity contribution >= 4 is 10.9 Å². The Bertz CT molecular complexity index is 1310. The third-order valence-electron chi connectivity index (χ3n) is 4.97. The van der Waals surface area contributed by atoms with Crippen molar-refractivity contribution in [1.29, 1.82) is 0 Å². The lowest BCUT2D eigenvalue weighted by Crippen LogP contribution is -1.85.